The van der Waals surface area contributed by atoms with E-state index in [1.165, 1.54) is 0 Å². The second kappa shape index (κ2) is 10.7. The van der Waals surface area contributed by atoms with Gasteiger partial charge in [0.15, 0.2) is 5.41 Å². The topological polar surface area (TPSA) is 52.6 Å². The van der Waals surface area contributed by atoms with Crippen LogP contribution in [0, 0.1) is 5.41 Å². The molecular formula is C17H24O4. The number of rotatable bonds is 10. The molecule has 0 bridgehead atoms. The number of ether oxygens (including phenoxy) is 2. The van der Waals surface area contributed by atoms with Crippen molar-refractivity contribution in [2.24, 2.45) is 5.41 Å². The molecule has 0 aliphatic carbocycles. The summed E-state index contributed by atoms with van der Waals surface area (Å²) in [5.41, 5.74) is -1.37. The van der Waals surface area contributed by atoms with Crippen molar-refractivity contribution in [1.82, 2.24) is 0 Å². The minimum atomic E-state index is -1.37. The zero-order valence-electron chi connectivity index (χ0n) is 12.8. The predicted octanol–water partition coefficient (Wildman–Crippen LogP) is 3.36. The highest BCUT2D eigenvalue weighted by Crippen LogP contribution is 2.32. The van der Waals surface area contributed by atoms with Gasteiger partial charge in [0.05, 0.1) is 13.2 Å². The van der Waals surface area contributed by atoms with Gasteiger partial charge >= 0.3 is 11.9 Å². The van der Waals surface area contributed by atoms with Crippen molar-refractivity contribution in [3.8, 4) is 0 Å². The number of esters is 2. The lowest BCUT2D eigenvalue weighted by Gasteiger charge is -2.27. The maximum absolute atomic E-state index is 12.3. The summed E-state index contributed by atoms with van der Waals surface area (Å²) in [5, 5.41) is 0. The van der Waals surface area contributed by atoms with Crippen molar-refractivity contribution in [1.29, 1.82) is 0 Å². The molecule has 4 nitrogen and oxygen atoms in total. The fraction of sp³-hybridized carbons (Fsp3) is 0.412. The molecule has 0 aromatic heterocycles. The summed E-state index contributed by atoms with van der Waals surface area (Å²) in [4.78, 5) is 24.7. The van der Waals surface area contributed by atoms with Crippen LogP contribution in [0.2, 0.25) is 0 Å². The lowest BCUT2D eigenvalue weighted by Crippen LogP contribution is -2.41. The lowest BCUT2D eigenvalue weighted by atomic mass is 9.80. The molecule has 0 N–H and O–H groups in total. The SMILES string of the molecule is C=C/C=C/CC(C/C=C/C=C)(C(=O)OCC)C(=O)OCC. The molecule has 0 radical (unpaired) electrons. The van der Waals surface area contributed by atoms with E-state index in [0.717, 1.165) is 0 Å². The molecule has 0 atom stereocenters. The largest absolute Gasteiger partial charge is 0.465 e. The standard InChI is InChI=1S/C17H24O4/c1-5-9-11-13-17(14-12-10-6-2,15(18)20-7-3)16(19)21-8-4/h5-6,9-12H,1-2,7-8,13-14H2,3-4H3/b11-9+,12-10+. The molecule has 0 rings (SSSR count). The fourth-order valence-corrected chi connectivity index (χ4v) is 1.77. The van der Waals surface area contributed by atoms with Gasteiger partial charge in [-0.2, -0.15) is 0 Å². The predicted molar refractivity (Wildman–Crippen MR) is 83.6 cm³/mol. The van der Waals surface area contributed by atoms with Gasteiger partial charge < -0.3 is 9.47 Å². The molecular weight excluding hydrogens is 268 g/mol. The lowest BCUT2D eigenvalue weighted by molar-refractivity contribution is -0.171. The Balaban J connectivity index is 5.54. The molecule has 0 aliphatic heterocycles. The molecule has 0 saturated heterocycles. The van der Waals surface area contributed by atoms with Gasteiger partial charge in [-0.1, -0.05) is 49.6 Å². The second-order valence-electron chi connectivity index (χ2n) is 4.26. The summed E-state index contributed by atoms with van der Waals surface area (Å²) < 4.78 is 10.2. The quantitative estimate of drug-likeness (QED) is 0.352. The summed E-state index contributed by atoms with van der Waals surface area (Å²) in [7, 11) is 0. The van der Waals surface area contributed by atoms with E-state index in [-0.39, 0.29) is 26.1 Å². The summed E-state index contributed by atoms with van der Waals surface area (Å²) in [5.74, 6) is -1.16. The second-order valence-corrected chi connectivity index (χ2v) is 4.26. The Kier molecular flexibility index (Phi) is 9.59. The van der Waals surface area contributed by atoms with Crippen molar-refractivity contribution >= 4 is 11.9 Å². The molecule has 0 aromatic rings. The Morgan fingerprint density at radius 1 is 0.905 bits per heavy atom. The van der Waals surface area contributed by atoms with E-state index in [1.54, 1.807) is 50.3 Å². The first kappa shape index (κ1) is 18.9. The van der Waals surface area contributed by atoms with Gasteiger partial charge in [-0.15, -0.1) is 0 Å². The number of hydrogen-bond donors (Lipinski definition) is 0. The Morgan fingerprint density at radius 2 is 1.29 bits per heavy atom. The number of carbonyl (C=O) groups is 2. The van der Waals surface area contributed by atoms with E-state index in [2.05, 4.69) is 13.2 Å². The third-order valence-corrected chi connectivity index (χ3v) is 2.81. The van der Waals surface area contributed by atoms with Gasteiger partial charge in [-0.3, -0.25) is 9.59 Å². The molecule has 21 heavy (non-hydrogen) atoms. The molecule has 0 unspecified atom stereocenters. The van der Waals surface area contributed by atoms with Crippen LogP contribution in [0.5, 0.6) is 0 Å². The minimum Gasteiger partial charge on any atom is -0.465 e. The van der Waals surface area contributed by atoms with Gasteiger partial charge in [0.2, 0.25) is 0 Å². The van der Waals surface area contributed by atoms with Gasteiger partial charge in [0.25, 0.3) is 0 Å². The molecule has 0 aromatic carbocycles. The van der Waals surface area contributed by atoms with Crippen molar-refractivity contribution in [3.63, 3.8) is 0 Å². The van der Waals surface area contributed by atoms with Crippen LogP contribution in [-0.2, 0) is 19.1 Å². The van der Waals surface area contributed by atoms with Crippen molar-refractivity contribution < 1.29 is 19.1 Å². The van der Waals surface area contributed by atoms with Crippen LogP contribution in [0.25, 0.3) is 0 Å². The summed E-state index contributed by atoms with van der Waals surface area (Å²) in [6.07, 6.45) is 10.3. The number of allylic oxidation sites excluding steroid dienone is 6. The fourth-order valence-electron chi connectivity index (χ4n) is 1.77. The van der Waals surface area contributed by atoms with Crippen molar-refractivity contribution in [3.05, 3.63) is 49.6 Å². The Hall–Kier alpha value is -2.10. The van der Waals surface area contributed by atoms with E-state index in [4.69, 9.17) is 9.47 Å². The van der Waals surface area contributed by atoms with Crippen LogP contribution < -0.4 is 0 Å². The van der Waals surface area contributed by atoms with Crippen molar-refractivity contribution in [2.45, 2.75) is 26.7 Å². The van der Waals surface area contributed by atoms with Gasteiger partial charge in [0.1, 0.15) is 0 Å². The molecule has 0 amide bonds. The Labute approximate surface area is 126 Å². The molecule has 0 fully saturated rings. The average Bonchev–Trinajstić information content (AvgIpc) is 2.46. The third-order valence-electron chi connectivity index (χ3n) is 2.81. The number of carbonyl (C=O) groups excluding carboxylic acids is 2. The molecule has 0 heterocycles. The molecule has 0 aliphatic rings. The monoisotopic (exact) mass is 292 g/mol. The maximum Gasteiger partial charge on any atom is 0.324 e. The molecule has 4 heteroatoms. The average molecular weight is 292 g/mol. The smallest absolute Gasteiger partial charge is 0.324 e. The molecule has 0 spiro atoms. The van der Waals surface area contributed by atoms with E-state index in [0.29, 0.717) is 0 Å². The maximum atomic E-state index is 12.3. The number of hydrogen-bond acceptors (Lipinski definition) is 4. The van der Waals surface area contributed by atoms with Gasteiger partial charge in [-0.25, -0.2) is 0 Å². The first-order valence-corrected chi connectivity index (χ1v) is 6.98. The Morgan fingerprint density at radius 3 is 1.57 bits per heavy atom. The van der Waals surface area contributed by atoms with Crippen LogP contribution >= 0.6 is 0 Å². The van der Waals surface area contributed by atoms with Crippen LogP contribution in [0.1, 0.15) is 26.7 Å². The molecule has 0 saturated carbocycles. The summed E-state index contributed by atoms with van der Waals surface area (Å²) >= 11 is 0. The zero-order chi connectivity index (χ0) is 16.1. The molecule has 116 valence electrons. The van der Waals surface area contributed by atoms with Crippen LogP contribution in [0.3, 0.4) is 0 Å². The van der Waals surface area contributed by atoms with Crippen LogP contribution in [-0.4, -0.2) is 25.2 Å². The zero-order valence-corrected chi connectivity index (χ0v) is 12.8. The minimum absolute atomic E-state index is 0.193. The highest BCUT2D eigenvalue weighted by molar-refractivity contribution is 6.00. The van der Waals surface area contributed by atoms with Gasteiger partial charge in [-0.05, 0) is 26.7 Å². The summed E-state index contributed by atoms with van der Waals surface area (Å²) in [6.45, 7) is 11.0. The van der Waals surface area contributed by atoms with E-state index in [9.17, 15) is 9.59 Å². The van der Waals surface area contributed by atoms with E-state index in [1.807, 2.05) is 0 Å². The van der Waals surface area contributed by atoms with E-state index < -0.39 is 17.4 Å². The van der Waals surface area contributed by atoms with Crippen molar-refractivity contribution in [2.75, 3.05) is 13.2 Å². The first-order valence-electron chi connectivity index (χ1n) is 6.98. The normalized spacial score (nSPS) is 11.5. The van der Waals surface area contributed by atoms with Crippen LogP contribution in [0.4, 0.5) is 0 Å². The van der Waals surface area contributed by atoms with Crippen LogP contribution in [0.15, 0.2) is 49.6 Å². The summed E-state index contributed by atoms with van der Waals surface area (Å²) in [6, 6.07) is 0. The highest BCUT2D eigenvalue weighted by Gasteiger charge is 2.47. The third kappa shape index (κ3) is 5.81. The first-order chi connectivity index (χ1) is 10.1. The van der Waals surface area contributed by atoms with Gasteiger partial charge in [0, 0.05) is 0 Å². The highest BCUT2D eigenvalue weighted by atomic mass is 16.6. The Bertz CT molecular complexity index is 379. The van der Waals surface area contributed by atoms with E-state index >= 15 is 0 Å².